The number of halogens is 1. The second-order valence-electron chi connectivity index (χ2n) is 6.28. The SMILES string of the molecule is CN(Cc1cccs1)C(=O)CN1C(=O)NC(C)(c2ccc(Cl)cc2)C1=O. The van der Waals surface area contributed by atoms with Gasteiger partial charge in [-0.05, 0) is 36.1 Å². The van der Waals surface area contributed by atoms with E-state index in [1.165, 1.54) is 4.90 Å². The molecule has 0 radical (unpaired) electrons. The highest BCUT2D eigenvalue weighted by molar-refractivity contribution is 7.09. The average molecular weight is 392 g/mol. The Labute approximate surface area is 160 Å². The maximum Gasteiger partial charge on any atom is 0.325 e. The molecule has 1 aromatic heterocycles. The number of imide groups is 1. The van der Waals surface area contributed by atoms with Crippen LogP contribution < -0.4 is 5.32 Å². The zero-order chi connectivity index (χ0) is 18.9. The largest absolute Gasteiger partial charge is 0.339 e. The molecule has 0 saturated carbocycles. The van der Waals surface area contributed by atoms with Gasteiger partial charge in [-0.25, -0.2) is 4.79 Å². The fraction of sp³-hybridized carbons (Fsp3) is 0.278. The number of benzene rings is 1. The Morgan fingerprint density at radius 1 is 1.27 bits per heavy atom. The quantitative estimate of drug-likeness (QED) is 0.797. The smallest absolute Gasteiger partial charge is 0.325 e. The summed E-state index contributed by atoms with van der Waals surface area (Å²) in [5.74, 6) is -0.759. The van der Waals surface area contributed by atoms with Gasteiger partial charge in [0.1, 0.15) is 12.1 Å². The Morgan fingerprint density at radius 2 is 1.96 bits per heavy atom. The number of amides is 4. The monoisotopic (exact) mass is 391 g/mol. The highest BCUT2D eigenvalue weighted by Gasteiger charge is 2.49. The summed E-state index contributed by atoms with van der Waals surface area (Å²) in [6.07, 6.45) is 0. The number of rotatable bonds is 5. The number of nitrogens with one attached hydrogen (secondary N) is 1. The lowest BCUT2D eigenvalue weighted by atomic mass is 9.92. The Kier molecular flexibility index (Phi) is 5.02. The molecule has 0 spiro atoms. The van der Waals surface area contributed by atoms with Crippen LogP contribution in [0.5, 0.6) is 0 Å². The maximum atomic E-state index is 12.8. The molecule has 1 saturated heterocycles. The van der Waals surface area contributed by atoms with Gasteiger partial charge in [0.05, 0.1) is 6.54 Å². The van der Waals surface area contributed by atoms with E-state index in [1.54, 1.807) is 49.6 Å². The molecule has 1 aliphatic rings. The van der Waals surface area contributed by atoms with Gasteiger partial charge < -0.3 is 10.2 Å². The third-order valence-electron chi connectivity index (χ3n) is 4.39. The number of likely N-dealkylation sites (N-methyl/N-ethyl adjacent to an activating group) is 1. The van der Waals surface area contributed by atoms with Crippen LogP contribution in [-0.2, 0) is 21.7 Å². The van der Waals surface area contributed by atoms with Crippen LogP contribution in [0.15, 0.2) is 41.8 Å². The van der Waals surface area contributed by atoms with Crippen LogP contribution in [0.3, 0.4) is 0 Å². The number of hydrogen-bond acceptors (Lipinski definition) is 4. The average Bonchev–Trinajstić information content (AvgIpc) is 3.18. The van der Waals surface area contributed by atoms with E-state index in [4.69, 9.17) is 11.6 Å². The zero-order valence-corrected chi connectivity index (χ0v) is 15.9. The predicted molar refractivity (Wildman–Crippen MR) is 99.8 cm³/mol. The third-order valence-corrected chi connectivity index (χ3v) is 5.50. The Bertz CT molecular complexity index is 838. The standard InChI is InChI=1S/C18H18ClN3O3S/c1-18(12-5-7-13(19)8-6-12)16(24)22(17(25)20-18)11-15(23)21(2)10-14-4-3-9-26-14/h3-9H,10-11H2,1-2H3,(H,20,25). The lowest BCUT2D eigenvalue weighted by Gasteiger charge is -2.23. The third kappa shape index (κ3) is 3.45. The molecule has 26 heavy (non-hydrogen) atoms. The number of thiophene rings is 1. The van der Waals surface area contributed by atoms with Crippen LogP contribution in [-0.4, -0.2) is 41.2 Å². The van der Waals surface area contributed by atoms with Crippen molar-refractivity contribution in [3.63, 3.8) is 0 Å². The Balaban J connectivity index is 1.72. The molecule has 1 atom stereocenters. The van der Waals surface area contributed by atoms with E-state index in [1.807, 2.05) is 17.5 Å². The molecular weight excluding hydrogens is 374 g/mol. The van der Waals surface area contributed by atoms with Gasteiger partial charge >= 0.3 is 6.03 Å². The van der Waals surface area contributed by atoms with Crippen molar-refractivity contribution in [2.75, 3.05) is 13.6 Å². The minimum Gasteiger partial charge on any atom is -0.339 e. The summed E-state index contributed by atoms with van der Waals surface area (Å²) >= 11 is 7.43. The van der Waals surface area contributed by atoms with Crippen molar-refractivity contribution in [1.29, 1.82) is 0 Å². The number of nitrogens with zero attached hydrogens (tertiary/aromatic N) is 2. The van der Waals surface area contributed by atoms with Crippen LogP contribution in [0.25, 0.3) is 0 Å². The molecule has 1 N–H and O–H groups in total. The highest BCUT2D eigenvalue weighted by atomic mass is 35.5. The van der Waals surface area contributed by atoms with Crippen molar-refractivity contribution in [3.05, 3.63) is 57.2 Å². The van der Waals surface area contributed by atoms with Gasteiger partial charge in [0.2, 0.25) is 5.91 Å². The minimum atomic E-state index is -1.21. The minimum absolute atomic E-state index is 0.296. The highest BCUT2D eigenvalue weighted by Crippen LogP contribution is 2.29. The molecule has 4 amide bonds. The molecule has 0 bridgehead atoms. The fourth-order valence-electron chi connectivity index (χ4n) is 2.80. The van der Waals surface area contributed by atoms with Crippen LogP contribution >= 0.6 is 22.9 Å². The summed E-state index contributed by atoms with van der Waals surface area (Å²) in [6.45, 7) is 1.76. The molecule has 1 fully saturated rings. The molecule has 136 valence electrons. The van der Waals surface area contributed by atoms with Gasteiger partial charge in [-0.15, -0.1) is 11.3 Å². The zero-order valence-electron chi connectivity index (χ0n) is 14.4. The molecule has 2 aromatic rings. The van der Waals surface area contributed by atoms with E-state index in [2.05, 4.69) is 5.32 Å². The molecule has 2 heterocycles. The van der Waals surface area contributed by atoms with Crippen LogP contribution in [0.1, 0.15) is 17.4 Å². The number of carbonyl (C=O) groups is 3. The van der Waals surface area contributed by atoms with Crippen molar-refractivity contribution in [3.8, 4) is 0 Å². The van der Waals surface area contributed by atoms with Crippen LogP contribution in [0.4, 0.5) is 4.79 Å². The first-order valence-electron chi connectivity index (χ1n) is 7.98. The molecular formula is C18H18ClN3O3S. The van der Waals surface area contributed by atoms with Gasteiger partial charge in [-0.1, -0.05) is 29.8 Å². The van der Waals surface area contributed by atoms with E-state index >= 15 is 0 Å². The van der Waals surface area contributed by atoms with E-state index in [0.29, 0.717) is 17.1 Å². The molecule has 1 unspecified atom stereocenters. The predicted octanol–water partition coefficient (Wildman–Crippen LogP) is 2.83. The Hall–Kier alpha value is -2.38. The van der Waals surface area contributed by atoms with Crippen LogP contribution in [0, 0.1) is 0 Å². The van der Waals surface area contributed by atoms with Crippen molar-refractivity contribution < 1.29 is 14.4 Å². The van der Waals surface area contributed by atoms with Crippen molar-refractivity contribution in [2.24, 2.45) is 0 Å². The molecule has 1 aliphatic heterocycles. The van der Waals surface area contributed by atoms with Gasteiger partial charge in [0.25, 0.3) is 5.91 Å². The molecule has 0 aliphatic carbocycles. The molecule has 1 aromatic carbocycles. The summed E-state index contributed by atoms with van der Waals surface area (Å²) in [4.78, 5) is 41.1. The first-order chi connectivity index (χ1) is 12.3. The number of carbonyl (C=O) groups excluding carboxylic acids is 3. The van der Waals surface area contributed by atoms with Crippen LogP contribution in [0.2, 0.25) is 5.02 Å². The summed E-state index contributed by atoms with van der Waals surface area (Å²) in [6, 6.07) is 9.95. The van der Waals surface area contributed by atoms with Gasteiger partial charge in [-0.2, -0.15) is 0 Å². The summed E-state index contributed by atoms with van der Waals surface area (Å²) in [5, 5.41) is 5.15. The fourth-order valence-corrected chi connectivity index (χ4v) is 3.68. The van der Waals surface area contributed by atoms with Gasteiger partial charge in [-0.3, -0.25) is 14.5 Å². The second kappa shape index (κ2) is 7.09. The second-order valence-corrected chi connectivity index (χ2v) is 7.75. The van der Waals surface area contributed by atoms with E-state index < -0.39 is 17.5 Å². The van der Waals surface area contributed by atoms with Gasteiger partial charge in [0.15, 0.2) is 0 Å². The normalized spacial score (nSPS) is 19.6. The summed E-state index contributed by atoms with van der Waals surface area (Å²) in [7, 11) is 1.65. The Morgan fingerprint density at radius 3 is 2.58 bits per heavy atom. The summed E-state index contributed by atoms with van der Waals surface area (Å²) in [5.41, 5.74) is -0.601. The van der Waals surface area contributed by atoms with Gasteiger partial charge in [0, 0.05) is 16.9 Å². The van der Waals surface area contributed by atoms with Crippen molar-refractivity contribution >= 4 is 40.8 Å². The molecule has 8 heteroatoms. The first kappa shape index (κ1) is 18.4. The lowest BCUT2D eigenvalue weighted by molar-refractivity contribution is -0.138. The summed E-state index contributed by atoms with van der Waals surface area (Å²) < 4.78 is 0. The maximum absolute atomic E-state index is 12.8. The van der Waals surface area contributed by atoms with E-state index in [0.717, 1.165) is 9.78 Å². The van der Waals surface area contributed by atoms with E-state index in [-0.39, 0.29) is 12.5 Å². The number of urea groups is 1. The van der Waals surface area contributed by atoms with Crippen molar-refractivity contribution in [2.45, 2.75) is 19.0 Å². The molecule has 6 nitrogen and oxygen atoms in total. The number of hydrogen-bond donors (Lipinski definition) is 1. The topological polar surface area (TPSA) is 69.7 Å². The first-order valence-corrected chi connectivity index (χ1v) is 9.23. The van der Waals surface area contributed by atoms with Crippen molar-refractivity contribution in [1.82, 2.24) is 15.1 Å². The van der Waals surface area contributed by atoms with E-state index in [9.17, 15) is 14.4 Å². The lowest BCUT2D eigenvalue weighted by Crippen LogP contribution is -2.43. The molecule has 3 rings (SSSR count).